The summed E-state index contributed by atoms with van der Waals surface area (Å²) in [6.07, 6.45) is -2.30. The molecule has 4 aromatic rings. The van der Waals surface area contributed by atoms with E-state index >= 15 is 0 Å². The fraction of sp³-hybridized carbons (Fsp3) is 0.323. The smallest absolute Gasteiger partial charge is 0.343 e. The number of para-hydroxylation sites is 1. The molecule has 3 aromatic carbocycles. The molecule has 1 saturated heterocycles. The van der Waals surface area contributed by atoms with Gasteiger partial charge in [0.05, 0.1) is 5.56 Å². The second-order valence-corrected chi connectivity index (χ2v) is 10.0. The highest BCUT2D eigenvalue weighted by Crippen LogP contribution is 2.37. The topological polar surface area (TPSA) is 28.5 Å². The number of nitrogens with zero attached hydrogens (tertiary/aromatic N) is 3. The van der Waals surface area contributed by atoms with Crippen LogP contribution < -0.4 is 0 Å². The molecule has 5 rings (SSSR count). The summed E-state index contributed by atoms with van der Waals surface area (Å²) >= 11 is 0. The second-order valence-electron chi connectivity index (χ2n) is 10.0. The first-order chi connectivity index (χ1) is 18.7. The SMILES string of the molecule is CCN1CCN(C(=O)C[C@@H](c2ccc(C(F)(F)F)cc2)c2cn(Cc3ccc(F)cc3)c3ccccc23)CC1. The lowest BCUT2D eigenvalue weighted by Crippen LogP contribution is -2.48. The van der Waals surface area contributed by atoms with Crippen molar-refractivity contribution in [1.29, 1.82) is 0 Å². The summed E-state index contributed by atoms with van der Waals surface area (Å²) in [4.78, 5) is 17.7. The van der Waals surface area contributed by atoms with Gasteiger partial charge in [-0.2, -0.15) is 13.2 Å². The van der Waals surface area contributed by atoms with Gasteiger partial charge in [0.1, 0.15) is 5.82 Å². The number of aromatic nitrogens is 1. The molecule has 1 aliphatic rings. The highest BCUT2D eigenvalue weighted by atomic mass is 19.4. The minimum absolute atomic E-state index is 0.00832. The molecule has 4 nitrogen and oxygen atoms in total. The quantitative estimate of drug-likeness (QED) is 0.251. The lowest BCUT2D eigenvalue weighted by atomic mass is 9.87. The third-order valence-electron chi connectivity index (χ3n) is 7.65. The number of amides is 1. The van der Waals surface area contributed by atoms with E-state index in [0.29, 0.717) is 25.2 Å². The van der Waals surface area contributed by atoms with Crippen LogP contribution in [0.1, 0.15) is 41.5 Å². The van der Waals surface area contributed by atoms with Gasteiger partial charge in [0.2, 0.25) is 5.91 Å². The Morgan fingerprint density at radius 2 is 1.56 bits per heavy atom. The van der Waals surface area contributed by atoms with E-state index < -0.39 is 17.7 Å². The maximum Gasteiger partial charge on any atom is 0.416 e. The number of alkyl halides is 3. The molecule has 0 bridgehead atoms. The van der Waals surface area contributed by atoms with Crippen molar-refractivity contribution in [2.75, 3.05) is 32.7 Å². The Morgan fingerprint density at radius 3 is 2.21 bits per heavy atom. The normalized spacial score (nSPS) is 15.6. The van der Waals surface area contributed by atoms with Gasteiger partial charge in [0, 0.05) is 62.2 Å². The standard InChI is InChI=1S/C31H31F4N3O/c1-2-36-15-17-37(18-16-36)30(39)19-27(23-9-11-24(12-10-23)31(33,34)35)28-21-38(29-6-4-3-5-26(28)29)20-22-7-13-25(32)14-8-22/h3-14,21,27H,2,15-20H2,1H3/t27-/m0/s1. The van der Waals surface area contributed by atoms with Crippen LogP contribution >= 0.6 is 0 Å². The van der Waals surface area contributed by atoms with Gasteiger partial charge in [0.25, 0.3) is 0 Å². The minimum atomic E-state index is -4.44. The van der Waals surface area contributed by atoms with Crippen molar-refractivity contribution < 1.29 is 22.4 Å². The maximum absolute atomic E-state index is 13.5. The number of carbonyl (C=O) groups excluding carboxylic acids is 1. The summed E-state index contributed by atoms with van der Waals surface area (Å²) in [5.74, 6) is -0.744. The van der Waals surface area contributed by atoms with Crippen LogP contribution in [0.5, 0.6) is 0 Å². The van der Waals surface area contributed by atoms with E-state index in [2.05, 4.69) is 16.4 Å². The van der Waals surface area contributed by atoms with Gasteiger partial charge < -0.3 is 14.4 Å². The van der Waals surface area contributed by atoms with Crippen LogP contribution in [-0.2, 0) is 17.5 Å². The zero-order valence-corrected chi connectivity index (χ0v) is 21.8. The van der Waals surface area contributed by atoms with Gasteiger partial charge in [-0.3, -0.25) is 4.79 Å². The number of hydrogen-bond donors (Lipinski definition) is 0. The van der Waals surface area contributed by atoms with Gasteiger partial charge in [-0.15, -0.1) is 0 Å². The van der Waals surface area contributed by atoms with Gasteiger partial charge in [0.15, 0.2) is 0 Å². The van der Waals surface area contributed by atoms with Gasteiger partial charge in [-0.1, -0.05) is 49.4 Å². The summed E-state index contributed by atoms with van der Waals surface area (Å²) in [5.41, 5.74) is 2.68. The average molecular weight is 538 g/mol. The van der Waals surface area contributed by atoms with E-state index in [9.17, 15) is 22.4 Å². The van der Waals surface area contributed by atoms with Crippen molar-refractivity contribution in [3.05, 3.63) is 107 Å². The molecule has 39 heavy (non-hydrogen) atoms. The fourth-order valence-corrected chi connectivity index (χ4v) is 5.40. The first kappa shape index (κ1) is 26.9. The van der Waals surface area contributed by atoms with Crippen LogP contribution in [0, 0.1) is 5.82 Å². The van der Waals surface area contributed by atoms with Crippen LogP contribution in [0.4, 0.5) is 17.6 Å². The van der Waals surface area contributed by atoms with Crippen LogP contribution in [0.3, 0.4) is 0 Å². The molecule has 8 heteroatoms. The summed E-state index contributed by atoms with van der Waals surface area (Å²) < 4.78 is 55.5. The Morgan fingerprint density at radius 1 is 0.897 bits per heavy atom. The highest BCUT2D eigenvalue weighted by Gasteiger charge is 2.31. The van der Waals surface area contributed by atoms with E-state index in [-0.39, 0.29) is 18.1 Å². The average Bonchev–Trinajstić information content (AvgIpc) is 3.30. The third-order valence-corrected chi connectivity index (χ3v) is 7.65. The van der Waals surface area contributed by atoms with Crippen molar-refractivity contribution >= 4 is 16.8 Å². The Hall–Kier alpha value is -3.65. The summed E-state index contributed by atoms with van der Waals surface area (Å²) in [5, 5.41) is 0.938. The largest absolute Gasteiger partial charge is 0.416 e. The third kappa shape index (κ3) is 6.01. The van der Waals surface area contributed by atoms with Crippen LogP contribution in [0.25, 0.3) is 10.9 Å². The highest BCUT2D eigenvalue weighted by molar-refractivity contribution is 5.87. The predicted molar refractivity (Wildman–Crippen MR) is 144 cm³/mol. The Labute approximate surface area is 225 Å². The van der Waals surface area contributed by atoms with Gasteiger partial charge >= 0.3 is 6.18 Å². The Kier molecular flexibility index (Phi) is 7.75. The molecular weight excluding hydrogens is 506 g/mol. The van der Waals surface area contributed by atoms with Crippen LogP contribution in [0.2, 0.25) is 0 Å². The molecule has 1 amide bonds. The second kappa shape index (κ2) is 11.2. The lowest BCUT2D eigenvalue weighted by Gasteiger charge is -2.35. The molecule has 204 valence electrons. The number of carbonyl (C=O) groups is 1. The van der Waals surface area contributed by atoms with Crippen molar-refractivity contribution in [2.24, 2.45) is 0 Å². The molecule has 0 spiro atoms. The van der Waals surface area contributed by atoms with E-state index in [1.165, 1.54) is 24.3 Å². The Balaban J connectivity index is 1.52. The summed E-state index contributed by atoms with van der Waals surface area (Å²) in [6, 6.07) is 19.3. The van der Waals surface area contributed by atoms with Gasteiger partial charge in [-0.25, -0.2) is 4.39 Å². The monoisotopic (exact) mass is 537 g/mol. The zero-order valence-electron chi connectivity index (χ0n) is 21.8. The molecule has 1 aromatic heterocycles. The first-order valence-corrected chi connectivity index (χ1v) is 13.2. The molecule has 0 N–H and O–H groups in total. The van der Waals surface area contributed by atoms with Crippen LogP contribution in [-0.4, -0.2) is 53.0 Å². The zero-order chi connectivity index (χ0) is 27.6. The van der Waals surface area contributed by atoms with Crippen LogP contribution in [0.15, 0.2) is 79.0 Å². The van der Waals surface area contributed by atoms with E-state index in [1.54, 1.807) is 12.1 Å². The van der Waals surface area contributed by atoms with Crippen molar-refractivity contribution in [2.45, 2.75) is 32.0 Å². The molecule has 1 fully saturated rings. The van der Waals surface area contributed by atoms with Crippen molar-refractivity contribution in [1.82, 2.24) is 14.4 Å². The number of likely N-dealkylation sites (N-methyl/N-ethyl adjacent to an activating group) is 1. The lowest BCUT2D eigenvalue weighted by molar-refractivity contribution is -0.137. The van der Waals surface area contributed by atoms with E-state index in [0.717, 1.165) is 53.8 Å². The number of halogens is 4. The van der Waals surface area contributed by atoms with Gasteiger partial charge in [-0.05, 0) is 53.6 Å². The number of rotatable bonds is 7. The summed E-state index contributed by atoms with van der Waals surface area (Å²) in [7, 11) is 0. The first-order valence-electron chi connectivity index (χ1n) is 13.2. The molecule has 0 aliphatic carbocycles. The predicted octanol–water partition coefficient (Wildman–Crippen LogP) is 6.53. The molecule has 0 radical (unpaired) electrons. The molecular formula is C31H31F4N3O. The molecule has 0 saturated carbocycles. The number of fused-ring (bicyclic) bond motifs is 1. The number of piperazine rings is 1. The summed E-state index contributed by atoms with van der Waals surface area (Å²) in [6.45, 7) is 6.42. The number of benzene rings is 3. The fourth-order valence-electron chi connectivity index (χ4n) is 5.40. The van der Waals surface area contributed by atoms with Crippen molar-refractivity contribution in [3.63, 3.8) is 0 Å². The Bertz CT molecular complexity index is 1420. The molecule has 0 unspecified atom stereocenters. The molecule has 1 atom stereocenters. The maximum atomic E-state index is 13.5. The van der Waals surface area contributed by atoms with Crippen molar-refractivity contribution in [3.8, 4) is 0 Å². The molecule has 2 heterocycles. The van der Waals surface area contributed by atoms with E-state index in [1.807, 2.05) is 35.4 Å². The number of hydrogen-bond acceptors (Lipinski definition) is 2. The molecule has 1 aliphatic heterocycles. The minimum Gasteiger partial charge on any atom is -0.343 e. The van der Waals surface area contributed by atoms with E-state index in [4.69, 9.17) is 0 Å².